The van der Waals surface area contributed by atoms with Crippen molar-refractivity contribution in [1.29, 1.82) is 0 Å². The van der Waals surface area contributed by atoms with Gasteiger partial charge in [0.15, 0.2) is 0 Å². The third-order valence-electron chi connectivity index (χ3n) is 2.18. The molecule has 2 aromatic rings. The van der Waals surface area contributed by atoms with Crippen LogP contribution in [-0.4, -0.2) is 9.97 Å². The minimum atomic E-state index is -0.314. The van der Waals surface area contributed by atoms with Crippen LogP contribution in [0.25, 0.3) is 15.9 Å². The van der Waals surface area contributed by atoms with E-state index in [2.05, 4.69) is 21.4 Å². The van der Waals surface area contributed by atoms with Gasteiger partial charge in [0.1, 0.15) is 0 Å². The number of hydrogen-bond donors (Lipinski definition) is 0. The Balaban J connectivity index is 2.30. The Bertz CT molecular complexity index is 680. The number of aromatic nitrogens is 2. The summed E-state index contributed by atoms with van der Waals surface area (Å²) < 4.78 is 0. The molecule has 2 heterocycles. The molecule has 0 bridgehead atoms. The van der Waals surface area contributed by atoms with Gasteiger partial charge in [-0.3, -0.25) is 4.98 Å². The maximum absolute atomic E-state index is 11.7. The molecule has 3 rings (SSSR count). The monoisotopic (exact) mass is 225 g/mol. The van der Waals surface area contributed by atoms with Crippen molar-refractivity contribution in [3.05, 3.63) is 46.8 Å². The average molecular weight is 225 g/mol. The molecule has 0 saturated heterocycles. The Morgan fingerprint density at radius 3 is 2.56 bits per heavy atom. The second kappa shape index (κ2) is 3.54. The first-order valence-corrected chi connectivity index (χ1v) is 5.53. The summed E-state index contributed by atoms with van der Waals surface area (Å²) in [5.41, 5.74) is 7.34. The standard InChI is InChI=1S/C12H6N2OS/c15-12-11(10-6-3-7-16-10)13-8-4-1-2-5-9(8)14-12/h1-2,4-5,7H,(H,14,15)/p-1. The maximum atomic E-state index is 11.7. The molecule has 76 valence electrons. The van der Waals surface area contributed by atoms with Gasteiger partial charge in [-0.2, -0.15) is 0 Å². The quantitative estimate of drug-likeness (QED) is 0.697. The van der Waals surface area contributed by atoms with E-state index in [0.29, 0.717) is 16.1 Å². The Labute approximate surface area is 95.9 Å². The SMILES string of the molecule is [O-]c1nc2ccccc2nc1C1=C=C=CS1. The number of nitrogens with zero attached hydrogens (tertiary/aromatic N) is 2. The van der Waals surface area contributed by atoms with Crippen LogP contribution in [0.4, 0.5) is 0 Å². The number of para-hydroxylation sites is 2. The van der Waals surface area contributed by atoms with E-state index in [1.807, 2.05) is 18.2 Å². The highest BCUT2D eigenvalue weighted by molar-refractivity contribution is 8.11. The molecule has 0 amide bonds. The predicted molar refractivity (Wildman–Crippen MR) is 61.6 cm³/mol. The fourth-order valence-corrected chi connectivity index (χ4v) is 2.06. The zero-order chi connectivity index (χ0) is 11.0. The van der Waals surface area contributed by atoms with Crippen molar-refractivity contribution in [2.75, 3.05) is 0 Å². The number of benzene rings is 1. The van der Waals surface area contributed by atoms with Gasteiger partial charge < -0.3 is 5.11 Å². The Morgan fingerprint density at radius 2 is 1.88 bits per heavy atom. The number of hydrogen-bond acceptors (Lipinski definition) is 4. The van der Waals surface area contributed by atoms with Gasteiger partial charge in [0.05, 0.1) is 21.6 Å². The number of fused-ring (bicyclic) bond motifs is 1. The second-order valence-corrected chi connectivity index (χ2v) is 4.08. The summed E-state index contributed by atoms with van der Waals surface area (Å²) in [4.78, 5) is 8.97. The molecule has 0 N–H and O–H groups in total. The first kappa shape index (κ1) is 9.25. The summed E-state index contributed by atoms with van der Waals surface area (Å²) in [6.45, 7) is 0. The van der Waals surface area contributed by atoms with Gasteiger partial charge in [0.2, 0.25) is 0 Å². The van der Waals surface area contributed by atoms with E-state index >= 15 is 0 Å². The van der Waals surface area contributed by atoms with Crippen LogP contribution in [0.2, 0.25) is 0 Å². The van der Waals surface area contributed by atoms with Gasteiger partial charge in [0.25, 0.3) is 0 Å². The van der Waals surface area contributed by atoms with Gasteiger partial charge in [-0.25, -0.2) is 4.98 Å². The largest absolute Gasteiger partial charge is 0.857 e. The molecule has 3 nitrogen and oxygen atoms in total. The lowest BCUT2D eigenvalue weighted by molar-refractivity contribution is -0.275. The van der Waals surface area contributed by atoms with E-state index in [0.717, 1.165) is 5.52 Å². The third kappa shape index (κ3) is 1.42. The molecule has 1 aliphatic rings. The van der Waals surface area contributed by atoms with E-state index in [4.69, 9.17) is 0 Å². The summed E-state index contributed by atoms with van der Waals surface area (Å²) in [5.74, 6) is -0.314. The number of thioether (sulfide) groups is 1. The first-order valence-electron chi connectivity index (χ1n) is 4.65. The lowest BCUT2D eigenvalue weighted by Gasteiger charge is -2.11. The number of rotatable bonds is 1. The highest BCUT2D eigenvalue weighted by atomic mass is 32.2. The molecule has 16 heavy (non-hydrogen) atoms. The van der Waals surface area contributed by atoms with E-state index in [9.17, 15) is 5.11 Å². The highest BCUT2D eigenvalue weighted by Crippen LogP contribution is 2.32. The highest BCUT2D eigenvalue weighted by Gasteiger charge is 2.08. The van der Waals surface area contributed by atoms with Crippen LogP contribution >= 0.6 is 11.8 Å². The molecule has 0 saturated carbocycles. The van der Waals surface area contributed by atoms with Crippen molar-refractivity contribution in [3.63, 3.8) is 0 Å². The Kier molecular flexibility index (Phi) is 2.05. The van der Waals surface area contributed by atoms with E-state index in [1.165, 1.54) is 11.8 Å². The summed E-state index contributed by atoms with van der Waals surface area (Å²) in [6, 6.07) is 7.32. The fraction of sp³-hybridized carbons (Fsp3) is 0. The lowest BCUT2D eigenvalue weighted by Crippen LogP contribution is -2.01. The molecule has 1 aromatic heterocycles. The van der Waals surface area contributed by atoms with Gasteiger partial charge in [0, 0.05) is 11.3 Å². The summed E-state index contributed by atoms with van der Waals surface area (Å²) in [7, 11) is 0. The van der Waals surface area contributed by atoms with Crippen LogP contribution in [0.15, 0.2) is 41.1 Å². The summed E-state index contributed by atoms with van der Waals surface area (Å²) >= 11 is 1.39. The average Bonchev–Trinajstić information content (AvgIpc) is 2.81. The van der Waals surface area contributed by atoms with Gasteiger partial charge >= 0.3 is 0 Å². The van der Waals surface area contributed by atoms with Gasteiger partial charge in [-0.15, -0.1) is 0 Å². The van der Waals surface area contributed by atoms with Crippen molar-refractivity contribution >= 4 is 27.7 Å². The molecule has 0 atom stereocenters. The lowest BCUT2D eigenvalue weighted by atomic mass is 10.3. The smallest absolute Gasteiger partial charge is 0.0970 e. The van der Waals surface area contributed by atoms with Crippen molar-refractivity contribution in [2.45, 2.75) is 0 Å². The van der Waals surface area contributed by atoms with Crippen LogP contribution < -0.4 is 5.11 Å². The van der Waals surface area contributed by atoms with Crippen molar-refractivity contribution < 1.29 is 5.11 Å². The van der Waals surface area contributed by atoms with Crippen molar-refractivity contribution in [2.24, 2.45) is 0 Å². The third-order valence-corrected chi connectivity index (χ3v) is 2.94. The molecule has 0 spiro atoms. The molecule has 0 fully saturated rings. The molecule has 0 radical (unpaired) electrons. The molecule has 0 unspecified atom stereocenters. The maximum Gasteiger partial charge on any atom is 0.0970 e. The van der Waals surface area contributed by atoms with Crippen molar-refractivity contribution in [1.82, 2.24) is 9.97 Å². The molecule has 1 aliphatic heterocycles. The molecular weight excluding hydrogens is 220 g/mol. The Hall–Kier alpha value is -1.99. The van der Waals surface area contributed by atoms with Gasteiger partial charge in [-0.05, 0) is 12.1 Å². The zero-order valence-corrected chi connectivity index (χ0v) is 8.91. The molecule has 0 aliphatic carbocycles. The van der Waals surface area contributed by atoms with Crippen LogP contribution in [0.5, 0.6) is 5.88 Å². The van der Waals surface area contributed by atoms with Crippen LogP contribution in [0, 0.1) is 0 Å². The molecule has 1 aromatic carbocycles. The summed E-state index contributed by atoms with van der Waals surface area (Å²) in [5, 5.41) is 13.5. The van der Waals surface area contributed by atoms with Crippen LogP contribution in [0.3, 0.4) is 0 Å². The zero-order valence-electron chi connectivity index (χ0n) is 8.10. The minimum Gasteiger partial charge on any atom is -0.857 e. The topological polar surface area (TPSA) is 48.8 Å². The predicted octanol–water partition coefficient (Wildman–Crippen LogP) is 2.06. The second-order valence-electron chi connectivity index (χ2n) is 3.20. The van der Waals surface area contributed by atoms with E-state index < -0.39 is 0 Å². The summed E-state index contributed by atoms with van der Waals surface area (Å²) in [6.07, 6.45) is 0. The first-order chi connectivity index (χ1) is 7.84. The van der Waals surface area contributed by atoms with Crippen molar-refractivity contribution in [3.8, 4) is 5.88 Å². The normalized spacial score (nSPS) is 13.4. The molecule has 4 heteroatoms. The van der Waals surface area contributed by atoms with E-state index in [1.54, 1.807) is 11.5 Å². The fourth-order valence-electron chi connectivity index (χ4n) is 1.46. The van der Waals surface area contributed by atoms with Crippen LogP contribution in [0.1, 0.15) is 5.69 Å². The van der Waals surface area contributed by atoms with Crippen LogP contribution in [-0.2, 0) is 0 Å². The molecular formula is C12H5N2OS-. The Morgan fingerprint density at radius 1 is 1.12 bits per heavy atom. The van der Waals surface area contributed by atoms with Gasteiger partial charge in [-0.1, -0.05) is 35.4 Å². The minimum absolute atomic E-state index is 0.314. The van der Waals surface area contributed by atoms with E-state index in [-0.39, 0.29) is 5.88 Å².